The van der Waals surface area contributed by atoms with Gasteiger partial charge in [-0.2, -0.15) is 0 Å². The highest BCUT2D eigenvalue weighted by molar-refractivity contribution is 5.94. The van der Waals surface area contributed by atoms with Crippen LogP contribution in [0.15, 0.2) is 30.5 Å². The number of aromatic amines is 1. The van der Waals surface area contributed by atoms with E-state index >= 15 is 0 Å². The fraction of sp³-hybridized carbons (Fsp3) is 0.481. The number of nitrogens with one attached hydrogen (secondary N) is 4. The lowest BCUT2D eigenvalue weighted by Gasteiger charge is -2.26. The lowest BCUT2D eigenvalue weighted by molar-refractivity contribution is -0.142. The molecule has 4 atom stereocenters. The molecule has 5 amide bonds. The van der Waals surface area contributed by atoms with Crippen LogP contribution in [0.5, 0.6) is 0 Å². The Hall–Kier alpha value is -4.46. The van der Waals surface area contributed by atoms with Crippen molar-refractivity contribution >= 4 is 46.4 Å². The van der Waals surface area contributed by atoms with Crippen molar-refractivity contribution in [3.05, 3.63) is 36.0 Å². The van der Waals surface area contributed by atoms with E-state index < -0.39 is 59.7 Å². The third kappa shape index (κ3) is 10.6. The molecule has 2 aromatic rings. The highest BCUT2D eigenvalue weighted by Gasteiger charge is 2.31. The number of fused-ring (bicyclic) bond motifs is 1. The first-order valence-corrected chi connectivity index (χ1v) is 13.3. The van der Waals surface area contributed by atoms with Crippen LogP contribution in [0.3, 0.4) is 0 Å². The predicted octanol–water partition coefficient (Wildman–Crippen LogP) is -0.846. The van der Waals surface area contributed by atoms with E-state index in [0.717, 1.165) is 16.5 Å². The quantitative estimate of drug-likeness (QED) is 0.118. The van der Waals surface area contributed by atoms with E-state index in [9.17, 15) is 33.9 Å². The van der Waals surface area contributed by atoms with Crippen LogP contribution >= 0.6 is 0 Å². The Morgan fingerprint density at radius 1 is 0.829 bits per heavy atom. The molecule has 14 heteroatoms. The fourth-order valence-corrected chi connectivity index (χ4v) is 4.26. The largest absolute Gasteiger partial charge is 0.480 e. The summed E-state index contributed by atoms with van der Waals surface area (Å²) in [6.07, 6.45) is 1.11. The molecule has 0 spiro atoms. The topological polar surface area (TPSA) is 253 Å². The summed E-state index contributed by atoms with van der Waals surface area (Å²) in [5.74, 6) is -5.14. The number of benzene rings is 1. The predicted molar refractivity (Wildman–Crippen MR) is 150 cm³/mol. The number of nitrogens with two attached hydrogens (primary N) is 3. The van der Waals surface area contributed by atoms with Crippen LogP contribution < -0.4 is 33.2 Å². The van der Waals surface area contributed by atoms with Gasteiger partial charge >= 0.3 is 5.97 Å². The lowest BCUT2D eigenvalue weighted by atomic mass is 10.0. The number of amides is 5. The Labute approximate surface area is 237 Å². The van der Waals surface area contributed by atoms with E-state index in [1.54, 1.807) is 6.20 Å². The molecular weight excluding hydrogens is 534 g/mol. The molecule has 2 rings (SSSR count). The zero-order valence-electron chi connectivity index (χ0n) is 23.1. The monoisotopic (exact) mass is 573 g/mol. The number of hydrogen-bond acceptors (Lipinski definition) is 7. The second-order valence-electron chi connectivity index (χ2n) is 10.3. The number of para-hydroxylation sites is 1. The number of carboxylic acids is 1. The summed E-state index contributed by atoms with van der Waals surface area (Å²) in [7, 11) is 0. The highest BCUT2D eigenvalue weighted by Crippen LogP contribution is 2.19. The van der Waals surface area contributed by atoms with Crippen molar-refractivity contribution in [1.29, 1.82) is 0 Å². The summed E-state index contributed by atoms with van der Waals surface area (Å²) in [6.45, 7) is 3.68. The molecule has 1 heterocycles. The van der Waals surface area contributed by atoms with E-state index in [1.165, 1.54) is 0 Å². The summed E-state index contributed by atoms with van der Waals surface area (Å²) >= 11 is 0. The number of carboxylic acid groups (broad SMARTS) is 1. The molecule has 11 N–H and O–H groups in total. The number of rotatable bonds is 17. The minimum atomic E-state index is -1.46. The van der Waals surface area contributed by atoms with Gasteiger partial charge in [0.2, 0.25) is 29.5 Å². The van der Waals surface area contributed by atoms with E-state index in [2.05, 4.69) is 20.9 Å². The second-order valence-corrected chi connectivity index (χ2v) is 10.3. The fourth-order valence-electron chi connectivity index (χ4n) is 4.26. The molecule has 0 saturated carbocycles. The average Bonchev–Trinajstić information content (AvgIpc) is 3.30. The van der Waals surface area contributed by atoms with Crippen LogP contribution in [0.2, 0.25) is 0 Å². The van der Waals surface area contributed by atoms with Crippen LogP contribution in [-0.2, 0) is 35.2 Å². The van der Waals surface area contributed by atoms with Gasteiger partial charge in [0.1, 0.15) is 18.1 Å². The first kappa shape index (κ1) is 32.8. The minimum Gasteiger partial charge on any atom is -0.480 e. The van der Waals surface area contributed by atoms with Crippen LogP contribution in [0, 0.1) is 5.92 Å². The molecule has 41 heavy (non-hydrogen) atoms. The molecule has 14 nitrogen and oxygen atoms in total. The highest BCUT2D eigenvalue weighted by atomic mass is 16.4. The summed E-state index contributed by atoms with van der Waals surface area (Å²) in [6, 6.07) is 2.68. The first-order valence-electron chi connectivity index (χ1n) is 13.3. The van der Waals surface area contributed by atoms with Gasteiger partial charge < -0.3 is 43.2 Å². The summed E-state index contributed by atoms with van der Waals surface area (Å²) in [5.41, 5.74) is 18.2. The maximum absolute atomic E-state index is 13.3. The molecule has 0 aliphatic heterocycles. The Bertz CT molecular complexity index is 1260. The van der Waals surface area contributed by atoms with Gasteiger partial charge in [0.05, 0.1) is 6.04 Å². The first-order chi connectivity index (χ1) is 19.3. The molecule has 1 aromatic carbocycles. The third-order valence-electron chi connectivity index (χ3n) is 6.40. The molecular formula is C27H39N7O7. The minimum absolute atomic E-state index is 0.0426. The zero-order chi connectivity index (χ0) is 30.7. The van der Waals surface area contributed by atoms with Gasteiger partial charge in [0.15, 0.2) is 0 Å². The summed E-state index contributed by atoms with van der Waals surface area (Å²) < 4.78 is 0. The van der Waals surface area contributed by atoms with Gasteiger partial charge in [0, 0.05) is 29.9 Å². The van der Waals surface area contributed by atoms with Crippen molar-refractivity contribution in [2.24, 2.45) is 23.1 Å². The summed E-state index contributed by atoms with van der Waals surface area (Å²) in [4.78, 5) is 76.4. The third-order valence-corrected chi connectivity index (χ3v) is 6.40. The zero-order valence-corrected chi connectivity index (χ0v) is 23.1. The SMILES string of the molecule is CC(C)CC(NC(=O)C(N)Cc1c[nH]c2ccccc12)C(=O)NC(CCC(N)=O)C(=O)NC(CCC(N)=O)C(=O)O. The second kappa shape index (κ2) is 15.4. The molecule has 0 bridgehead atoms. The van der Waals surface area contributed by atoms with Crippen LogP contribution in [0.25, 0.3) is 10.9 Å². The van der Waals surface area contributed by atoms with E-state index in [4.69, 9.17) is 17.2 Å². The van der Waals surface area contributed by atoms with Crippen molar-refractivity contribution in [3.63, 3.8) is 0 Å². The van der Waals surface area contributed by atoms with E-state index in [1.807, 2.05) is 38.1 Å². The maximum atomic E-state index is 13.3. The van der Waals surface area contributed by atoms with Crippen molar-refractivity contribution < 1.29 is 33.9 Å². The molecule has 0 fully saturated rings. The van der Waals surface area contributed by atoms with Gasteiger partial charge in [-0.15, -0.1) is 0 Å². The number of aromatic nitrogens is 1. The van der Waals surface area contributed by atoms with Crippen molar-refractivity contribution in [2.45, 2.75) is 76.5 Å². The number of aliphatic carboxylic acids is 1. The maximum Gasteiger partial charge on any atom is 0.326 e. The summed E-state index contributed by atoms with van der Waals surface area (Å²) in [5, 5.41) is 17.7. The molecule has 4 unspecified atom stereocenters. The Kier molecular flexibility index (Phi) is 12.3. The van der Waals surface area contributed by atoms with Gasteiger partial charge in [-0.25, -0.2) is 4.79 Å². The Balaban J connectivity index is 2.14. The number of carbonyl (C=O) groups is 6. The van der Waals surface area contributed by atoms with Gasteiger partial charge in [0.25, 0.3) is 0 Å². The van der Waals surface area contributed by atoms with Gasteiger partial charge in [-0.3, -0.25) is 24.0 Å². The molecule has 1 aromatic heterocycles. The van der Waals surface area contributed by atoms with E-state index in [-0.39, 0.29) is 44.4 Å². The number of H-pyrrole nitrogens is 1. The Morgan fingerprint density at radius 2 is 1.37 bits per heavy atom. The smallest absolute Gasteiger partial charge is 0.326 e. The standard InChI is InChI=1S/C27H39N7O7/c1-14(2)11-21(34-24(37)17(28)12-15-13-31-18-6-4-3-5-16(15)18)26(39)32-19(7-9-22(29)35)25(38)33-20(27(40)41)8-10-23(30)36/h3-6,13-14,17,19-21,31H,7-12,28H2,1-2H3,(H2,29,35)(H2,30,36)(H,32,39)(H,33,38)(H,34,37)(H,40,41). The normalized spacial score (nSPS) is 14.0. The molecule has 0 aliphatic carbocycles. The molecule has 0 radical (unpaired) electrons. The van der Waals surface area contributed by atoms with Crippen LogP contribution in [0.4, 0.5) is 0 Å². The number of carbonyl (C=O) groups excluding carboxylic acids is 5. The van der Waals surface area contributed by atoms with Gasteiger partial charge in [-0.05, 0) is 43.2 Å². The lowest BCUT2D eigenvalue weighted by Crippen LogP contribution is -2.57. The Morgan fingerprint density at radius 3 is 1.95 bits per heavy atom. The van der Waals surface area contributed by atoms with Crippen molar-refractivity contribution in [1.82, 2.24) is 20.9 Å². The van der Waals surface area contributed by atoms with Crippen LogP contribution in [-0.4, -0.2) is 69.8 Å². The molecule has 0 aliphatic rings. The van der Waals surface area contributed by atoms with Crippen LogP contribution in [0.1, 0.15) is 51.5 Å². The average molecular weight is 574 g/mol. The van der Waals surface area contributed by atoms with Gasteiger partial charge in [-0.1, -0.05) is 32.0 Å². The van der Waals surface area contributed by atoms with E-state index in [0.29, 0.717) is 0 Å². The molecule has 224 valence electrons. The molecule has 0 saturated heterocycles. The van der Waals surface area contributed by atoms with Crippen molar-refractivity contribution in [2.75, 3.05) is 0 Å². The number of hydrogen-bond donors (Lipinski definition) is 8. The number of primary amides is 2. The van der Waals surface area contributed by atoms with Crippen molar-refractivity contribution in [3.8, 4) is 0 Å².